The second-order valence-corrected chi connectivity index (χ2v) is 3.79. The van der Waals surface area contributed by atoms with Crippen LogP contribution in [0.1, 0.15) is 18.4 Å². The topological polar surface area (TPSA) is 69.1 Å². The number of carbonyl (C=O) groups is 1. The minimum absolute atomic E-state index is 0.210. The summed E-state index contributed by atoms with van der Waals surface area (Å²) in [6, 6.07) is 9.99. The van der Waals surface area contributed by atoms with Crippen LogP contribution >= 0.6 is 0 Å². The van der Waals surface area contributed by atoms with Crippen molar-refractivity contribution in [2.45, 2.75) is 25.3 Å². The van der Waals surface area contributed by atoms with Gasteiger partial charge in [0.05, 0.1) is 0 Å². The van der Waals surface area contributed by atoms with E-state index in [4.69, 9.17) is 11.5 Å². The monoisotopic (exact) mass is 218 g/mol. The van der Waals surface area contributed by atoms with Crippen molar-refractivity contribution in [2.75, 3.05) is 0 Å². The lowest BCUT2D eigenvalue weighted by Gasteiger charge is -2.02. The van der Waals surface area contributed by atoms with E-state index in [2.05, 4.69) is 12.1 Å². The third-order valence-corrected chi connectivity index (χ3v) is 2.26. The summed E-state index contributed by atoms with van der Waals surface area (Å²) in [5.74, 6) is -0.361. The second kappa shape index (κ2) is 6.80. The summed E-state index contributed by atoms with van der Waals surface area (Å²) in [5.41, 5.74) is 12.0. The van der Waals surface area contributed by atoms with Gasteiger partial charge in [-0.15, -0.1) is 0 Å². The first-order chi connectivity index (χ1) is 7.68. The third kappa shape index (κ3) is 5.32. The molecule has 1 rings (SSSR count). The number of hydrogen-bond acceptors (Lipinski definition) is 2. The minimum atomic E-state index is -0.361. The van der Waals surface area contributed by atoms with Crippen molar-refractivity contribution in [3.8, 4) is 0 Å². The highest BCUT2D eigenvalue weighted by atomic mass is 16.1. The van der Waals surface area contributed by atoms with Crippen LogP contribution in [-0.2, 0) is 11.2 Å². The van der Waals surface area contributed by atoms with Crippen molar-refractivity contribution >= 4 is 5.91 Å². The molecule has 0 spiro atoms. The molecular weight excluding hydrogens is 200 g/mol. The van der Waals surface area contributed by atoms with Gasteiger partial charge in [-0.1, -0.05) is 42.5 Å². The van der Waals surface area contributed by atoms with E-state index < -0.39 is 0 Å². The van der Waals surface area contributed by atoms with Crippen LogP contribution in [-0.4, -0.2) is 11.9 Å². The maximum atomic E-state index is 10.6. The molecular formula is C13H18N2O. The van der Waals surface area contributed by atoms with Gasteiger partial charge < -0.3 is 11.5 Å². The number of rotatable bonds is 6. The van der Waals surface area contributed by atoms with E-state index in [1.807, 2.05) is 30.4 Å². The van der Waals surface area contributed by atoms with Gasteiger partial charge >= 0.3 is 0 Å². The molecule has 3 nitrogen and oxygen atoms in total. The molecule has 3 heteroatoms. The van der Waals surface area contributed by atoms with Gasteiger partial charge in [0.15, 0.2) is 0 Å². The van der Waals surface area contributed by atoms with Gasteiger partial charge in [-0.3, -0.25) is 4.79 Å². The first-order valence-corrected chi connectivity index (χ1v) is 5.43. The van der Waals surface area contributed by atoms with Crippen molar-refractivity contribution in [1.29, 1.82) is 0 Å². The lowest BCUT2D eigenvalue weighted by atomic mass is 10.1. The third-order valence-electron chi connectivity index (χ3n) is 2.26. The molecule has 1 aromatic rings. The summed E-state index contributed by atoms with van der Waals surface area (Å²) in [6.07, 6.45) is 5.97. The molecule has 0 saturated heterocycles. The van der Waals surface area contributed by atoms with Crippen LogP contribution in [0.15, 0.2) is 42.5 Å². The molecule has 0 fully saturated rings. The molecule has 86 valence electrons. The average molecular weight is 218 g/mol. The Morgan fingerprint density at radius 1 is 1.31 bits per heavy atom. The van der Waals surface area contributed by atoms with Crippen LogP contribution in [0.5, 0.6) is 0 Å². The van der Waals surface area contributed by atoms with Crippen molar-refractivity contribution < 1.29 is 4.79 Å². The second-order valence-electron chi connectivity index (χ2n) is 3.79. The largest absolute Gasteiger partial charge is 0.370 e. The zero-order chi connectivity index (χ0) is 11.8. The summed E-state index contributed by atoms with van der Waals surface area (Å²) in [4.78, 5) is 10.6. The number of benzene rings is 1. The number of allylic oxidation sites excluding steroid dienone is 1. The van der Waals surface area contributed by atoms with Gasteiger partial charge in [0.2, 0.25) is 5.91 Å². The number of carbonyl (C=O) groups excluding carboxylic acids is 1. The van der Waals surface area contributed by atoms with Gasteiger partial charge in [-0.2, -0.15) is 0 Å². The highest BCUT2D eigenvalue weighted by Gasteiger charge is 2.00. The summed E-state index contributed by atoms with van der Waals surface area (Å²) in [5, 5.41) is 0. The Hall–Kier alpha value is -1.61. The fourth-order valence-corrected chi connectivity index (χ4v) is 1.47. The maximum Gasteiger partial charge on any atom is 0.219 e. The number of aryl methyl sites for hydroxylation is 1. The molecule has 1 aromatic carbocycles. The molecule has 0 bridgehead atoms. The van der Waals surface area contributed by atoms with Crippen LogP contribution in [0.4, 0.5) is 0 Å². The smallest absolute Gasteiger partial charge is 0.219 e. The Balaban J connectivity index is 2.25. The van der Waals surface area contributed by atoms with E-state index in [1.165, 1.54) is 5.56 Å². The summed E-state index contributed by atoms with van der Waals surface area (Å²) in [7, 11) is 0. The first kappa shape index (κ1) is 12.5. The Morgan fingerprint density at radius 2 is 2.00 bits per heavy atom. The molecule has 0 aromatic heterocycles. The van der Waals surface area contributed by atoms with Crippen molar-refractivity contribution in [3.05, 3.63) is 48.0 Å². The van der Waals surface area contributed by atoms with Crippen LogP contribution < -0.4 is 11.5 Å². The maximum absolute atomic E-state index is 10.6. The van der Waals surface area contributed by atoms with E-state index >= 15 is 0 Å². The average Bonchev–Trinajstić information content (AvgIpc) is 2.25. The number of amides is 1. The molecule has 0 aliphatic heterocycles. The van der Waals surface area contributed by atoms with Gasteiger partial charge in [0.25, 0.3) is 0 Å². The van der Waals surface area contributed by atoms with Gasteiger partial charge in [0, 0.05) is 12.5 Å². The SMILES string of the molecule is NC(=O)C[C@@H](N)/C=C/CCc1ccccc1. The van der Waals surface area contributed by atoms with Crippen LogP contribution in [0, 0.1) is 0 Å². The van der Waals surface area contributed by atoms with Crippen molar-refractivity contribution in [2.24, 2.45) is 11.5 Å². The first-order valence-electron chi connectivity index (χ1n) is 5.43. The summed E-state index contributed by atoms with van der Waals surface area (Å²) >= 11 is 0. The molecule has 4 N–H and O–H groups in total. The van der Waals surface area contributed by atoms with Crippen molar-refractivity contribution in [1.82, 2.24) is 0 Å². The van der Waals surface area contributed by atoms with Crippen LogP contribution in [0.2, 0.25) is 0 Å². The number of primary amides is 1. The van der Waals surface area contributed by atoms with E-state index in [0.29, 0.717) is 0 Å². The number of hydrogen-bond donors (Lipinski definition) is 2. The quantitative estimate of drug-likeness (QED) is 0.708. The molecule has 0 aliphatic carbocycles. The van der Waals surface area contributed by atoms with Crippen LogP contribution in [0.3, 0.4) is 0 Å². The van der Waals surface area contributed by atoms with Gasteiger partial charge in [-0.05, 0) is 18.4 Å². The fourth-order valence-electron chi connectivity index (χ4n) is 1.47. The Labute approximate surface area is 96.1 Å². The molecule has 1 amide bonds. The molecule has 0 saturated carbocycles. The lowest BCUT2D eigenvalue weighted by molar-refractivity contribution is -0.118. The van der Waals surface area contributed by atoms with Gasteiger partial charge in [-0.25, -0.2) is 0 Å². The Morgan fingerprint density at radius 3 is 2.62 bits per heavy atom. The zero-order valence-corrected chi connectivity index (χ0v) is 9.30. The zero-order valence-electron chi connectivity index (χ0n) is 9.30. The van der Waals surface area contributed by atoms with E-state index in [9.17, 15) is 4.79 Å². The molecule has 0 radical (unpaired) electrons. The summed E-state index contributed by atoms with van der Waals surface area (Å²) in [6.45, 7) is 0. The summed E-state index contributed by atoms with van der Waals surface area (Å²) < 4.78 is 0. The minimum Gasteiger partial charge on any atom is -0.370 e. The van der Waals surface area contributed by atoms with Crippen LogP contribution in [0.25, 0.3) is 0 Å². The predicted molar refractivity (Wildman–Crippen MR) is 65.7 cm³/mol. The van der Waals surface area contributed by atoms with Crippen molar-refractivity contribution in [3.63, 3.8) is 0 Å². The molecule has 0 aliphatic rings. The Kier molecular flexibility index (Phi) is 5.29. The highest BCUT2D eigenvalue weighted by Crippen LogP contribution is 2.03. The lowest BCUT2D eigenvalue weighted by Crippen LogP contribution is -2.25. The normalized spacial score (nSPS) is 12.8. The van der Waals surface area contributed by atoms with E-state index in [-0.39, 0.29) is 18.4 Å². The van der Waals surface area contributed by atoms with Gasteiger partial charge in [0.1, 0.15) is 0 Å². The predicted octanol–water partition coefficient (Wildman–Crippen LogP) is 1.38. The molecule has 0 unspecified atom stereocenters. The standard InChI is InChI=1S/C13H18N2O/c14-12(10-13(15)16)9-5-4-8-11-6-2-1-3-7-11/h1-3,5-7,9,12H,4,8,10,14H2,(H2,15,16)/b9-5+/t12-/m0/s1. The van der Waals surface area contributed by atoms with E-state index in [0.717, 1.165) is 12.8 Å². The number of nitrogens with two attached hydrogens (primary N) is 2. The van der Waals surface area contributed by atoms with E-state index in [1.54, 1.807) is 0 Å². The molecule has 1 atom stereocenters. The highest BCUT2D eigenvalue weighted by molar-refractivity contribution is 5.74. The Bertz CT molecular complexity index is 346. The fraction of sp³-hybridized carbons (Fsp3) is 0.308. The molecule has 0 heterocycles. The molecule has 16 heavy (non-hydrogen) atoms.